The lowest BCUT2D eigenvalue weighted by Crippen LogP contribution is -2.45. The second-order valence-electron chi connectivity index (χ2n) is 23.5. The molecule has 80 heavy (non-hydrogen) atoms. The predicted molar refractivity (Wildman–Crippen MR) is 350 cm³/mol. The molecule has 3 atom stereocenters. The molecule has 0 aliphatic carbocycles. The zero-order chi connectivity index (χ0) is 58.4. The summed E-state index contributed by atoms with van der Waals surface area (Å²) in [5, 5.41) is 14.0. The summed E-state index contributed by atoms with van der Waals surface area (Å²) < 4.78 is 23.8. The van der Waals surface area contributed by atoms with E-state index in [1.807, 2.05) is 27.2 Å². The van der Waals surface area contributed by atoms with Gasteiger partial charge in [-0.3, -0.25) is 13.8 Å². The lowest BCUT2D eigenvalue weighted by Gasteiger charge is -2.25. The summed E-state index contributed by atoms with van der Waals surface area (Å²) in [6.07, 6.45) is 89.3. The molecule has 0 saturated carbocycles. The molecule has 1 amide bonds. The second-order valence-corrected chi connectivity index (χ2v) is 24.9. The topological polar surface area (TPSA) is 105 Å². The first kappa shape index (κ1) is 77.2. The van der Waals surface area contributed by atoms with Gasteiger partial charge in [-0.2, -0.15) is 0 Å². The van der Waals surface area contributed by atoms with E-state index in [4.69, 9.17) is 9.05 Å². The molecule has 3 unspecified atom stereocenters. The van der Waals surface area contributed by atoms with Gasteiger partial charge in [0.2, 0.25) is 5.91 Å². The number of rotatable bonds is 60. The highest BCUT2D eigenvalue weighted by molar-refractivity contribution is 7.47. The number of allylic oxidation sites excluding steroid dienone is 17. The molecule has 0 aliphatic rings. The van der Waals surface area contributed by atoms with Crippen LogP contribution in [0.5, 0.6) is 0 Å². The fourth-order valence-electron chi connectivity index (χ4n) is 9.33. The van der Waals surface area contributed by atoms with E-state index in [-0.39, 0.29) is 19.1 Å². The fourth-order valence-corrected chi connectivity index (χ4v) is 10.1. The summed E-state index contributed by atoms with van der Waals surface area (Å²) in [5.74, 6) is -0.195. The summed E-state index contributed by atoms with van der Waals surface area (Å²) in [6, 6.07) is -0.876. The van der Waals surface area contributed by atoms with Crippen molar-refractivity contribution in [2.75, 3.05) is 40.9 Å². The van der Waals surface area contributed by atoms with Gasteiger partial charge in [-0.05, 0) is 89.9 Å². The first-order valence-corrected chi connectivity index (χ1v) is 34.8. The van der Waals surface area contributed by atoms with Crippen LogP contribution >= 0.6 is 7.82 Å². The van der Waals surface area contributed by atoms with Crippen LogP contribution in [0.15, 0.2) is 109 Å². The Labute approximate surface area is 495 Å². The van der Waals surface area contributed by atoms with Gasteiger partial charge in [0.25, 0.3) is 0 Å². The number of aliphatic hydroxyl groups excluding tert-OH is 1. The van der Waals surface area contributed by atoms with Crippen molar-refractivity contribution in [1.82, 2.24) is 5.32 Å². The Morgan fingerprint density at radius 3 is 1.15 bits per heavy atom. The highest BCUT2D eigenvalue weighted by Gasteiger charge is 2.27. The smallest absolute Gasteiger partial charge is 0.387 e. The minimum atomic E-state index is -4.37. The van der Waals surface area contributed by atoms with E-state index in [0.29, 0.717) is 17.4 Å². The van der Waals surface area contributed by atoms with Gasteiger partial charge >= 0.3 is 7.82 Å². The molecule has 0 spiro atoms. The number of hydrogen-bond acceptors (Lipinski definition) is 5. The number of unbranched alkanes of at least 4 members (excludes halogenated alkanes) is 31. The number of phosphoric ester groups is 1. The largest absolute Gasteiger partial charge is 0.472 e. The van der Waals surface area contributed by atoms with E-state index in [1.165, 1.54) is 173 Å². The number of amides is 1. The number of carbonyl (C=O) groups excluding carboxylic acids is 1. The number of phosphoric acid groups is 1. The number of nitrogens with zero attached hydrogens (tertiary/aromatic N) is 1. The first-order valence-electron chi connectivity index (χ1n) is 33.3. The average molecular weight is 1140 g/mol. The van der Waals surface area contributed by atoms with Crippen LogP contribution in [0.4, 0.5) is 0 Å². The fraction of sp³-hybridized carbons (Fsp3) is 0.732. The number of likely N-dealkylation sites (N-methyl/N-ethyl adjacent to an activating group) is 1. The molecule has 0 heterocycles. The predicted octanol–water partition coefficient (Wildman–Crippen LogP) is 21.1. The lowest BCUT2D eigenvalue weighted by atomic mass is 10.0. The summed E-state index contributed by atoms with van der Waals surface area (Å²) in [7, 11) is 1.54. The van der Waals surface area contributed by atoms with E-state index in [9.17, 15) is 19.4 Å². The van der Waals surface area contributed by atoms with Crippen LogP contribution < -0.4 is 5.32 Å². The maximum absolute atomic E-state index is 13.0. The van der Waals surface area contributed by atoms with Crippen molar-refractivity contribution < 1.29 is 32.9 Å². The van der Waals surface area contributed by atoms with Crippen LogP contribution in [-0.4, -0.2) is 73.4 Å². The third kappa shape index (κ3) is 62.8. The van der Waals surface area contributed by atoms with Gasteiger partial charge in [-0.25, -0.2) is 4.57 Å². The van der Waals surface area contributed by atoms with Gasteiger partial charge in [0.1, 0.15) is 13.2 Å². The van der Waals surface area contributed by atoms with Crippen molar-refractivity contribution in [1.29, 1.82) is 0 Å². The van der Waals surface area contributed by atoms with Crippen LogP contribution in [0.25, 0.3) is 0 Å². The molecule has 0 aromatic rings. The quantitative estimate of drug-likeness (QED) is 0.0243. The molecule has 9 heteroatoms. The number of hydrogen-bond donors (Lipinski definition) is 3. The zero-order valence-electron chi connectivity index (χ0n) is 52.8. The Kier molecular flexibility index (Phi) is 58.6. The minimum Gasteiger partial charge on any atom is -0.387 e. The Morgan fingerprint density at radius 2 is 0.762 bits per heavy atom. The number of carbonyl (C=O) groups is 1. The van der Waals surface area contributed by atoms with E-state index < -0.39 is 20.0 Å². The first-order chi connectivity index (χ1) is 39.0. The van der Waals surface area contributed by atoms with Crippen LogP contribution in [-0.2, 0) is 18.4 Å². The molecule has 0 radical (unpaired) electrons. The lowest BCUT2D eigenvalue weighted by molar-refractivity contribution is -0.870. The van der Waals surface area contributed by atoms with E-state index in [2.05, 4.69) is 116 Å². The van der Waals surface area contributed by atoms with Gasteiger partial charge in [0.15, 0.2) is 0 Å². The highest BCUT2D eigenvalue weighted by Crippen LogP contribution is 2.43. The van der Waals surface area contributed by atoms with Crippen molar-refractivity contribution in [2.45, 2.75) is 296 Å². The highest BCUT2D eigenvalue weighted by atomic mass is 31.2. The van der Waals surface area contributed by atoms with E-state index >= 15 is 0 Å². The normalized spacial score (nSPS) is 14.4. The number of nitrogens with one attached hydrogen (secondary N) is 1. The SMILES string of the molecule is CC/C=C\C/C=C\C/C=C\C/C=C\C/C=C\C/C=C\C/C=C\CCCCCCCCCCCC(=O)NC(COP(=O)(O)OCC[N+](C)(C)C)C(O)/C=C/CC/C=C/CCCCCCCCCCCCCCCCCCCCCCC. The molecular formula is C71H128N2O6P+. The molecule has 0 aromatic heterocycles. The van der Waals surface area contributed by atoms with Crippen LogP contribution in [0.1, 0.15) is 284 Å². The van der Waals surface area contributed by atoms with E-state index in [1.54, 1.807) is 6.08 Å². The molecule has 0 fully saturated rings. The Bertz CT molecular complexity index is 1670. The van der Waals surface area contributed by atoms with Crippen molar-refractivity contribution in [3.05, 3.63) is 109 Å². The van der Waals surface area contributed by atoms with Gasteiger partial charge in [0, 0.05) is 6.42 Å². The van der Waals surface area contributed by atoms with Gasteiger partial charge in [-0.15, -0.1) is 0 Å². The Balaban J connectivity index is 4.20. The molecule has 0 aliphatic heterocycles. The molecule has 3 N–H and O–H groups in total. The van der Waals surface area contributed by atoms with Gasteiger partial charge in [-0.1, -0.05) is 297 Å². The molecule has 0 rings (SSSR count). The Hall–Kier alpha value is -2.84. The van der Waals surface area contributed by atoms with Crippen LogP contribution in [0.3, 0.4) is 0 Å². The van der Waals surface area contributed by atoms with Crippen molar-refractivity contribution in [3.63, 3.8) is 0 Å². The maximum atomic E-state index is 13.0. The molecule has 462 valence electrons. The standard InChI is InChI=1S/C71H127N2O6P/c1-6-8-10-12-14-16-18-20-22-24-26-28-30-32-34-35-36-37-39-41-43-45-47-49-51-53-55-57-59-61-63-65-71(75)72-69(68-79-80(76,77)78-67-66-73(3,4)5)70(74)64-62-60-58-56-54-52-50-48-46-44-42-40-38-33-31-29-27-25-23-21-19-17-15-13-11-9-7-2/h8,10,14,16,20,22,26,28,32,34,36-37,41,43,54,56,62,64,69-70,74H,6-7,9,11-13,15,17-19,21,23-25,27,29-31,33,35,38-40,42,44-53,55,57-61,63,65-68H2,1-5H3,(H-,72,75,76,77)/p+1/b10-8-,16-14-,22-20-,28-26-,34-32-,37-36-,43-41-,56-54+,64-62+. The van der Waals surface area contributed by atoms with Gasteiger partial charge < -0.3 is 19.8 Å². The molecule has 8 nitrogen and oxygen atoms in total. The third-order valence-electron chi connectivity index (χ3n) is 14.5. The summed E-state index contributed by atoms with van der Waals surface area (Å²) in [4.78, 5) is 23.4. The molecular weight excluding hydrogens is 1010 g/mol. The Morgan fingerprint density at radius 1 is 0.438 bits per heavy atom. The number of aliphatic hydroxyl groups is 1. The summed E-state index contributed by atoms with van der Waals surface area (Å²) in [5.41, 5.74) is 0. The second kappa shape index (κ2) is 60.7. The van der Waals surface area contributed by atoms with Crippen molar-refractivity contribution in [3.8, 4) is 0 Å². The summed E-state index contributed by atoms with van der Waals surface area (Å²) in [6.45, 7) is 4.69. The minimum absolute atomic E-state index is 0.0499. The van der Waals surface area contributed by atoms with E-state index in [0.717, 1.165) is 89.9 Å². The van der Waals surface area contributed by atoms with Crippen LogP contribution in [0.2, 0.25) is 0 Å². The van der Waals surface area contributed by atoms with Crippen molar-refractivity contribution >= 4 is 13.7 Å². The molecule has 0 bridgehead atoms. The number of quaternary nitrogens is 1. The molecule has 0 aromatic carbocycles. The third-order valence-corrected chi connectivity index (χ3v) is 15.5. The monoisotopic (exact) mass is 1140 g/mol. The average Bonchev–Trinajstić information content (AvgIpc) is 3.42. The maximum Gasteiger partial charge on any atom is 0.472 e. The summed E-state index contributed by atoms with van der Waals surface area (Å²) >= 11 is 0. The zero-order valence-corrected chi connectivity index (χ0v) is 53.7. The van der Waals surface area contributed by atoms with Gasteiger partial charge in [0.05, 0.1) is 39.9 Å². The van der Waals surface area contributed by atoms with Crippen LogP contribution in [0, 0.1) is 0 Å². The molecule has 0 saturated heterocycles. The van der Waals surface area contributed by atoms with Crippen molar-refractivity contribution in [2.24, 2.45) is 0 Å².